The van der Waals surface area contributed by atoms with E-state index in [1.807, 2.05) is 0 Å². The third kappa shape index (κ3) is 2.82. The van der Waals surface area contributed by atoms with Gasteiger partial charge < -0.3 is 15.2 Å². The smallest absolute Gasteiger partial charge is 0.255 e. The number of amides is 1. The minimum absolute atomic E-state index is 0.0183. The number of ether oxygens (including phenoxy) is 1. The summed E-state index contributed by atoms with van der Waals surface area (Å²) in [6.45, 7) is 3.47. The van der Waals surface area contributed by atoms with Crippen molar-refractivity contribution in [2.45, 2.75) is 25.9 Å². The van der Waals surface area contributed by atoms with Gasteiger partial charge in [0.1, 0.15) is 5.75 Å². The van der Waals surface area contributed by atoms with Gasteiger partial charge in [-0.1, -0.05) is 19.1 Å². The van der Waals surface area contributed by atoms with Crippen LogP contribution in [0.15, 0.2) is 24.3 Å². The van der Waals surface area contributed by atoms with Crippen molar-refractivity contribution < 1.29 is 14.6 Å². The summed E-state index contributed by atoms with van der Waals surface area (Å²) in [6, 6.07) is 6.57. The Morgan fingerprint density at radius 1 is 1.50 bits per heavy atom. The highest BCUT2D eigenvalue weighted by molar-refractivity contribution is 5.96. The van der Waals surface area contributed by atoms with E-state index in [2.05, 4.69) is 12.2 Å². The lowest BCUT2D eigenvalue weighted by atomic mass is 9.99. The number of nitrogens with one attached hydrogen (secondary N) is 1. The molecule has 1 heterocycles. The van der Waals surface area contributed by atoms with Crippen molar-refractivity contribution in [1.29, 1.82) is 0 Å². The van der Waals surface area contributed by atoms with Crippen LogP contribution in [0, 0.1) is 5.92 Å². The lowest BCUT2D eigenvalue weighted by Gasteiger charge is -2.17. The largest absolute Gasteiger partial charge is 0.507 e. The molecule has 98 valence electrons. The fourth-order valence-corrected chi connectivity index (χ4v) is 2.36. The Morgan fingerprint density at radius 2 is 2.28 bits per heavy atom. The molecule has 1 fully saturated rings. The summed E-state index contributed by atoms with van der Waals surface area (Å²) >= 11 is 0. The van der Waals surface area contributed by atoms with Crippen LogP contribution < -0.4 is 5.32 Å². The molecule has 2 rings (SSSR count). The first-order chi connectivity index (χ1) is 8.72. The lowest BCUT2D eigenvalue weighted by Crippen LogP contribution is -2.32. The Kier molecular flexibility index (Phi) is 4.20. The van der Waals surface area contributed by atoms with Crippen LogP contribution >= 0.6 is 0 Å². The van der Waals surface area contributed by atoms with Gasteiger partial charge in [0.2, 0.25) is 0 Å². The number of benzene rings is 1. The van der Waals surface area contributed by atoms with Crippen LogP contribution in [0.1, 0.15) is 30.1 Å². The maximum atomic E-state index is 11.9. The lowest BCUT2D eigenvalue weighted by molar-refractivity contribution is 0.0826. The van der Waals surface area contributed by atoms with Gasteiger partial charge in [0.05, 0.1) is 11.7 Å². The number of rotatable bonds is 4. The Bertz CT molecular complexity index is 419. The highest BCUT2D eigenvalue weighted by Gasteiger charge is 2.27. The van der Waals surface area contributed by atoms with E-state index in [4.69, 9.17) is 4.74 Å². The molecule has 0 aromatic heterocycles. The van der Waals surface area contributed by atoms with Crippen molar-refractivity contribution >= 4 is 5.91 Å². The summed E-state index contributed by atoms with van der Waals surface area (Å²) in [7, 11) is 0. The molecule has 1 aliphatic heterocycles. The van der Waals surface area contributed by atoms with Gasteiger partial charge in [0.15, 0.2) is 0 Å². The van der Waals surface area contributed by atoms with E-state index in [-0.39, 0.29) is 17.8 Å². The van der Waals surface area contributed by atoms with E-state index in [0.29, 0.717) is 18.0 Å². The summed E-state index contributed by atoms with van der Waals surface area (Å²) in [5.74, 6) is 0.171. The van der Waals surface area contributed by atoms with Crippen LogP contribution in [0.2, 0.25) is 0 Å². The Morgan fingerprint density at radius 3 is 3.00 bits per heavy atom. The Hall–Kier alpha value is -1.55. The third-order valence-corrected chi connectivity index (χ3v) is 3.42. The van der Waals surface area contributed by atoms with Crippen LogP contribution in [0.25, 0.3) is 0 Å². The zero-order valence-electron chi connectivity index (χ0n) is 10.6. The van der Waals surface area contributed by atoms with Crippen molar-refractivity contribution in [3.63, 3.8) is 0 Å². The van der Waals surface area contributed by atoms with E-state index in [1.165, 1.54) is 6.07 Å². The minimum Gasteiger partial charge on any atom is -0.507 e. The fraction of sp³-hybridized carbons (Fsp3) is 0.500. The molecule has 1 aliphatic rings. The second-order valence-corrected chi connectivity index (χ2v) is 4.59. The molecular weight excluding hydrogens is 230 g/mol. The normalized spacial score (nSPS) is 22.9. The van der Waals surface area contributed by atoms with Crippen LogP contribution in [0.3, 0.4) is 0 Å². The number of para-hydroxylation sites is 1. The number of phenols is 1. The first-order valence-corrected chi connectivity index (χ1v) is 6.40. The molecule has 1 aromatic rings. The molecule has 18 heavy (non-hydrogen) atoms. The molecule has 1 aromatic carbocycles. The van der Waals surface area contributed by atoms with E-state index in [1.54, 1.807) is 18.2 Å². The van der Waals surface area contributed by atoms with E-state index in [0.717, 1.165) is 19.4 Å². The molecule has 0 bridgehead atoms. The SMILES string of the molecule is CCC1OCCC1CNC(=O)c1ccccc1O. The van der Waals surface area contributed by atoms with Crippen molar-refractivity contribution in [2.24, 2.45) is 5.92 Å². The molecule has 2 N–H and O–H groups in total. The molecule has 4 nitrogen and oxygen atoms in total. The molecule has 1 amide bonds. The second-order valence-electron chi connectivity index (χ2n) is 4.59. The number of carbonyl (C=O) groups is 1. The Labute approximate surface area is 107 Å². The Balaban J connectivity index is 1.91. The maximum absolute atomic E-state index is 11.9. The monoisotopic (exact) mass is 249 g/mol. The molecule has 1 saturated heterocycles. The van der Waals surface area contributed by atoms with E-state index >= 15 is 0 Å². The average molecular weight is 249 g/mol. The standard InChI is InChI=1S/C14H19NO3/c1-2-13-10(7-8-18-13)9-15-14(17)11-5-3-4-6-12(11)16/h3-6,10,13,16H,2,7-9H2,1H3,(H,15,17). The zero-order chi connectivity index (χ0) is 13.0. The van der Waals surface area contributed by atoms with Gasteiger partial charge >= 0.3 is 0 Å². The fourth-order valence-electron chi connectivity index (χ4n) is 2.36. The molecule has 2 atom stereocenters. The number of aromatic hydroxyl groups is 1. The van der Waals surface area contributed by atoms with Crippen LogP contribution in [0.5, 0.6) is 5.75 Å². The number of hydrogen-bond acceptors (Lipinski definition) is 3. The second kappa shape index (κ2) is 5.87. The van der Waals surface area contributed by atoms with Crippen molar-refractivity contribution in [3.05, 3.63) is 29.8 Å². The van der Waals surface area contributed by atoms with Gasteiger partial charge in [-0.2, -0.15) is 0 Å². The summed E-state index contributed by atoms with van der Waals surface area (Å²) in [5, 5.41) is 12.5. The minimum atomic E-state index is -0.227. The molecule has 0 spiro atoms. The van der Waals surface area contributed by atoms with E-state index in [9.17, 15) is 9.90 Å². The van der Waals surface area contributed by atoms with Crippen molar-refractivity contribution in [2.75, 3.05) is 13.2 Å². The molecule has 2 unspecified atom stereocenters. The van der Waals surface area contributed by atoms with Crippen LogP contribution in [-0.2, 0) is 4.74 Å². The molecule has 0 aliphatic carbocycles. The van der Waals surface area contributed by atoms with Gasteiger partial charge in [-0.05, 0) is 25.0 Å². The van der Waals surface area contributed by atoms with Crippen LogP contribution in [-0.4, -0.2) is 30.3 Å². The zero-order valence-corrected chi connectivity index (χ0v) is 10.6. The van der Waals surface area contributed by atoms with Gasteiger partial charge in [0, 0.05) is 19.1 Å². The summed E-state index contributed by atoms with van der Waals surface area (Å²) in [4.78, 5) is 11.9. The molecule has 0 saturated carbocycles. The summed E-state index contributed by atoms with van der Waals surface area (Å²) < 4.78 is 5.58. The highest BCUT2D eigenvalue weighted by atomic mass is 16.5. The predicted octanol–water partition coefficient (Wildman–Crippen LogP) is 1.94. The van der Waals surface area contributed by atoms with Gasteiger partial charge in [-0.3, -0.25) is 4.79 Å². The molecule has 4 heteroatoms. The molecule has 0 radical (unpaired) electrons. The van der Waals surface area contributed by atoms with Gasteiger partial charge in [-0.15, -0.1) is 0 Å². The van der Waals surface area contributed by atoms with Gasteiger partial charge in [0.25, 0.3) is 5.91 Å². The van der Waals surface area contributed by atoms with E-state index < -0.39 is 0 Å². The number of phenolic OH excluding ortho intramolecular Hbond substituents is 1. The first-order valence-electron chi connectivity index (χ1n) is 6.40. The van der Waals surface area contributed by atoms with Crippen LogP contribution in [0.4, 0.5) is 0 Å². The third-order valence-electron chi connectivity index (χ3n) is 3.42. The predicted molar refractivity (Wildman–Crippen MR) is 68.6 cm³/mol. The average Bonchev–Trinajstić information content (AvgIpc) is 2.84. The summed E-state index contributed by atoms with van der Waals surface area (Å²) in [6.07, 6.45) is 2.20. The topological polar surface area (TPSA) is 58.6 Å². The van der Waals surface area contributed by atoms with Crippen molar-refractivity contribution in [1.82, 2.24) is 5.32 Å². The quantitative estimate of drug-likeness (QED) is 0.857. The first kappa shape index (κ1) is 12.9. The highest BCUT2D eigenvalue weighted by Crippen LogP contribution is 2.23. The maximum Gasteiger partial charge on any atom is 0.255 e. The number of hydrogen-bond donors (Lipinski definition) is 2. The van der Waals surface area contributed by atoms with Crippen molar-refractivity contribution in [3.8, 4) is 5.75 Å². The van der Waals surface area contributed by atoms with Gasteiger partial charge in [-0.25, -0.2) is 0 Å². The molecular formula is C14H19NO3. The summed E-state index contributed by atoms with van der Waals surface area (Å²) in [5.41, 5.74) is 0.324. The number of carbonyl (C=O) groups excluding carboxylic acids is 1.